The molecule has 1 spiro atoms. The quantitative estimate of drug-likeness (QED) is 0.681. The second kappa shape index (κ2) is 5.05. The lowest BCUT2D eigenvalue weighted by Crippen LogP contribution is -2.57. The molecule has 2 rings (SSSR count). The highest BCUT2D eigenvalue weighted by atomic mass is 16.3. The molecule has 3 N–H and O–H groups in total. The van der Waals surface area contributed by atoms with E-state index >= 15 is 0 Å². The van der Waals surface area contributed by atoms with Crippen molar-refractivity contribution in [2.75, 3.05) is 13.1 Å². The molecule has 2 fully saturated rings. The van der Waals surface area contributed by atoms with E-state index in [0.29, 0.717) is 25.9 Å². The third-order valence-corrected chi connectivity index (χ3v) is 4.38. The van der Waals surface area contributed by atoms with Gasteiger partial charge in [-0.1, -0.05) is 0 Å². The molecule has 1 unspecified atom stereocenters. The maximum Gasteiger partial charge on any atom is 0.249 e. The first kappa shape index (κ1) is 14.8. The van der Waals surface area contributed by atoms with Crippen molar-refractivity contribution in [3.8, 4) is 0 Å². The molecule has 3 amide bonds. The number of hydrogen-bond acceptors (Lipinski definition) is 4. The van der Waals surface area contributed by atoms with Crippen LogP contribution in [0.3, 0.4) is 0 Å². The van der Waals surface area contributed by atoms with Crippen LogP contribution < -0.4 is 5.73 Å². The minimum atomic E-state index is -1.03. The van der Waals surface area contributed by atoms with Crippen LogP contribution in [0.5, 0.6) is 0 Å². The molecule has 7 heteroatoms. The first-order valence-electron chi connectivity index (χ1n) is 6.88. The molecule has 0 aromatic rings. The van der Waals surface area contributed by atoms with Gasteiger partial charge in [-0.15, -0.1) is 0 Å². The topological polar surface area (TPSA) is 104 Å². The van der Waals surface area contributed by atoms with E-state index < -0.39 is 23.6 Å². The van der Waals surface area contributed by atoms with Gasteiger partial charge in [0.05, 0.1) is 6.10 Å². The van der Waals surface area contributed by atoms with E-state index in [0.717, 1.165) is 6.42 Å². The summed E-state index contributed by atoms with van der Waals surface area (Å²) < 4.78 is 0. The molecule has 0 radical (unpaired) electrons. The van der Waals surface area contributed by atoms with Gasteiger partial charge in [0, 0.05) is 20.0 Å². The highest BCUT2D eigenvalue weighted by Crippen LogP contribution is 2.39. The molecule has 2 saturated heterocycles. The lowest BCUT2D eigenvalue weighted by molar-refractivity contribution is -0.149. The summed E-state index contributed by atoms with van der Waals surface area (Å²) >= 11 is 0. The van der Waals surface area contributed by atoms with Crippen LogP contribution in [0.15, 0.2) is 0 Å². The van der Waals surface area contributed by atoms with Crippen LogP contribution in [0.1, 0.15) is 33.1 Å². The Labute approximate surface area is 117 Å². The van der Waals surface area contributed by atoms with Gasteiger partial charge < -0.3 is 20.6 Å². The fraction of sp³-hybridized carbons (Fsp3) is 0.769. The Morgan fingerprint density at radius 1 is 1.35 bits per heavy atom. The second-order valence-electron chi connectivity index (χ2n) is 5.64. The zero-order chi connectivity index (χ0) is 15.1. The Kier molecular flexibility index (Phi) is 3.73. The minimum absolute atomic E-state index is 0.134. The van der Waals surface area contributed by atoms with E-state index in [1.807, 2.05) is 0 Å². The standard InChI is InChI=1S/C13H21N3O4/c1-8(17)10(11(14)19)15-7-5-13(12(15)20)4-3-6-16(13)9(2)18/h8,10,17H,3-7H2,1-2H3,(H2,14,19)/t8-,10+,13?/m1/s1. The third kappa shape index (κ3) is 2.06. The second-order valence-corrected chi connectivity index (χ2v) is 5.64. The zero-order valence-corrected chi connectivity index (χ0v) is 11.8. The number of aliphatic hydroxyl groups is 1. The summed E-state index contributed by atoms with van der Waals surface area (Å²) in [6.45, 7) is 3.78. The molecule has 3 atom stereocenters. The van der Waals surface area contributed by atoms with Gasteiger partial charge in [-0.25, -0.2) is 0 Å². The number of nitrogens with two attached hydrogens (primary N) is 1. The normalized spacial score (nSPS) is 29.1. The fourth-order valence-electron chi connectivity index (χ4n) is 3.52. The average molecular weight is 283 g/mol. The predicted molar refractivity (Wildman–Crippen MR) is 70.3 cm³/mol. The van der Waals surface area contributed by atoms with Gasteiger partial charge in [-0.2, -0.15) is 0 Å². The van der Waals surface area contributed by atoms with Crippen LogP contribution in [0, 0.1) is 0 Å². The van der Waals surface area contributed by atoms with Crippen molar-refractivity contribution >= 4 is 17.7 Å². The Balaban J connectivity index is 2.29. The molecule has 2 aliphatic heterocycles. The number of primary amides is 1. The maximum absolute atomic E-state index is 12.7. The van der Waals surface area contributed by atoms with E-state index in [4.69, 9.17) is 5.73 Å². The Hall–Kier alpha value is -1.63. The predicted octanol–water partition coefficient (Wildman–Crippen LogP) is -1.17. The molecule has 0 aromatic heterocycles. The summed E-state index contributed by atoms with van der Waals surface area (Å²) in [5.41, 5.74) is 4.45. The number of likely N-dealkylation sites (tertiary alicyclic amines) is 2. The Morgan fingerprint density at radius 3 is 2.50 bits per heavy atom. The molecule has 7 nitrogen and oxygen atoms in total. The summed E-state index contributed by atoms with van der Waals surface area (Å²) in [5.74, 6) is -1.13. The number of carbonyl (C=O) groups is 3. The number of carbonyl (C=O) groups excluding carboxylic acids is 3. The number of nitrogens with zero attached hydrogens (tertiary/aromatic N) is 2. The van der Waals surface area contributed by atoms with Gasteiger partial charge in [0.1, 0.15) is 11.6 Å². The van der Waals surface area contributed by atoms with E-state index in [-0.39, 0.29) is 11.8 Å². The maximum atomic E-state index is 12.7. The molecule has 2 aliphatic rings. The van der Waals surface area contributed by atoms with Crippen LogP contribution in [-0.2, 0) is 14.4 Å². The van der Waals surface area contributed by atoms with E-state index in [1.54, 1.807) is 4.90 Å². The minimum Gasteiger partial charge on any atom is -0.391 e. The van der Waals surface area contributed by atoms with Crippen molar-refractivity contribution in [2.24, 2.45) is 5.73 Å². The summed E-state index contributed by atoms with van der Waals surface area (Å²) in [5, 5.41) is 9.69. The Bertz CT molecular complexity index is 451. The monoisotopic (exact) mass is 283 g/mol. The van der Waals surface area contributed by atoms with Gasteiger partial charge in [-0.05, 0) is 26.2 Å². The number of aliphatic hydroxyl groups excluding tert-OH is 1. The first-order valence-corrected chi connectivity index (χ1v) is 6.88. The van der Waals surface area contributed by atoms with Crippen LogP contribution in [-0.4, -0.2) is 63.4 Å². The molecule has 0 aromatic carbocycles. The summed E-state index contributed by atoms with van der Waals surface area (Å²) in [6, 6.07) is -1.03. The van der Waals surface area contributed by atoms with E-state index in [2.05, 4.69) is 0 Å². The van der Waals surface area contributed by atoms with Gasteiger partial charge in [0.25, 0.3) is 0 Å². The van der Waals surface area contributed by atoms with Crippen molar-refractivity contribution in [3.05, 3.63) is 0 Å². The van der Waals surface area contributed by atoms with Crippen molar-refractivity contribution < 1.29 is 19.5 Å². The lowest BCUT2D eigenvalue weighted by Gasteiger charge is -2.34. The van der Waals surface area contributed by atoms with Gasteiger partial charge in [-0.3, -0.25) is 14.4 Å². The SMILES string of the molecule is CC(=O)N1CCCC12CCN([C@H](C(N)=O)[C@@H](C)O)C2=O. The molecule has 0 bridgehead atoms. The largest absolute Gasteiger partial charge is 0.391 e. The molecule has 2 heterocycles. The molecular formula is C13H21N3O4. The van der Waals surface area contributed by atoms with E-state index in [1.165, 1.54) is 18.7 Å². The van der Waals surface area contributed by atoms with Crippen LogP contribution in [0.4, 0.5) is 0 Å². The highest BCUT2D eigenvalue weighted by Gasteiger charge is 2.56. The van der Waals surface area contributed by atoms with Crippen molar-refractivity contribution in [3.63, 3.8) is 0 Å². The van der Waals surface area contributed by atoms with Crippen molar-refractivity contribution in [2.45, 2.75) is 50.8 Å². The van der Waals surface area contributed by atoms with Crippen molar-refractivity contribution in [1.82, 2.24) is 9.80 Å². The number of amides is 3. The van der Waals surface area contributed by atoms with Crippen LogP contribution in [0.2, 0.25) is 0 Å². The number of hydrogen-bond donors (Lipinski definition) is 2. The summed E-state index contributed by atoms with van der Waals surface area (Å²) in [4.78, 5) is 38.8. The van der Waals surface area contributed by atoms with E-state index in [9.17, 15) is 19.5 Å². The van der Waals surface area contributed by atoms with Gasteiger partial charge in [0.15, 0.2) is 0 Å². The van der Waals surface area contributed by atoms with Gasteiger partial charge >= 0.3 is 0 Å². The molecular weight excluding hydrogens is 262 g/mol. The molecule has 112 valence electrons. The summed E-state index contributed by atoms with van der Waals surface area (Å²) in [7, 11) is 0. The van der Waals surface area contributed by atoms with Gasteiger partial charge in [0.2, 0.25) is 17.7 Å². The first-order chi connectivity index (χ1) is 9.31. The fourth-order valence-corrected chi connectivity index (χ4v) is 3.52. The van der Waals surface area contributed by atoms with Crippen LogP contribution >= 0.6 is 0 Å². The Morgan fingerprint density at radius 2 is 2.00 bits per heavy atom. The number of rotatable bonds is 3. The lowest BCUT2D eigenvalue weighted by atomic mass is 9.94. The molecule has 20 heavy (non-hydrogen) atoms. The third-order valence-electron chi connectivity index (χ3n) is 4.38. The average Bonchev–Trinajstić information content (AvgIpc) is 2.89. The van der Waals surface area contributed by atoms with Crippen molar-refractivity contribution in [1.29, 1.82) is 0 Å². The molecule has 0 aliphatic carbocycles. The summed E-state index contributed by atoms with van der Waals surface area (Å²) in [6.07, 6.45) is 0.836. The highest BCUT2D eigenvalue weighted by molar-refractivity contribution is 5.96. The smallest absolute Gasteiger partial charge is 0.249 e. The van der Waals surface area contributed by atoms with Crippen LogP contribution in [0.25, 0.3) is 0 Å². The zero-order valence-electron chi connectivity index (χ0n) is 11.8. The molecule has 0 saturated carbocycles.